The monoisotopic (exact) mass is 247 g/mol. The molecule has 0 heterocycles. The second-order valence-corrected chi connectivity index (χ2v) is 4.70. The molecule has 2 nitrogen and oxygen atoms in total. The highest BCUT2D eigenvalue weighted by Crippen LogP contribution is 2.15. The van der Waals surface area contributed by atoms with Gasteiger partial charge in [-0.3, -0.25) is 0 Å². The van der Waals surface area contributed by atoms with Crippen molar-refractivity contribution < 1.29 is 4.74 Å². The SMILES string of the molecule is CCCNC(C)/C(C)=C/c1ccccc1COC. The molecule has 2 heteroatoms. The quantitative estimate of drug-likeness (QED) is 0.794. The lowest BCUT2D eigenvalue weighted by Gasteiger charge is -2.15. The third kappa shape index (κ3) is 4.63. The van der Waals surface area contributed by atoms with Gasteiger partial charge < -0.3 is 10.1 Å². The molecule has 0 amide bonds. The third-order valence-electron chi connectivity index (χ3n) is 3.12. The number of rotatable bonds is 7. The average Bonchev–Trinajstić information content (AvgIpc) is 2.38. The number of benzene rings is 1. The first-order chi connectivity index (χ1) is 8.69. The van der Waals surface area contributed by atoms with E-state index in [1.165, 1.54) is 16.7 Å². The Balaban J connectivity index is 2.80. The van der Waals surface area contributed by atoms with Gasteiger partial charge in [0.15, 0.2) is 0 Å². The van der Waals surface area contributed by atoms with Gasteiger partial charge in [0.2, 0.25) is 0 Å². The summed E-state index contributed by atoms with van der Waals surface area (Å²) in [7, 11) is 1.73. The Morgan fingerprint density at radius 1 is 1.39 bits per heavy atom. The van der Waals surface area contributed by atoms with Crippen LogP contribution < -0.4 is 5.32 Å². The largest absolute Gasteiger partial charge is 0.380 e. The van der Waals surface area contributed by atoms with E-state index in [0.717, 1.165) is 13.0 Å². The molecular weight excluding hydrogens is 222 g/mol. The lowest BCUT2D eigenvalue weighted by Crippen LogP contribution is -2.27. The molecule has 0 aromatic heterocycles. The van der Waals surface area contributed by atoms with Gasteiger partial charge in [0.25, 0.3) is 0 Å². The number of methoxy groups -OCH3 is 1. The van der Waals surface area contributed by atoms with Crippen LogP contribution in [0.3, 0.4) is 0 Å². The Morgan fingerprint density at radius 3 is 2.78 bits per heavy atom. The van der Waals surface area contributed by atoms with Crippen LogP contribution in [-0.4, -0.2) is 19.7 Å². The van der Waals surface area contributed by atoms with Gasteiger partial charge in [-0.05, 0) is 37.9 Å². The first-order valence-corrected chi connectivity index (χ1v) is 6.67. The molecule has 0 saturated carbocycles. The van der Waals surface area contributed by atoms with Gasteiger partial charge in [-0.1, -0.05) is 42.8 Å². The molecule has 1 aromatic carbocycles. The molecule has 18 heavy (non-hydrogen) atoms. The summed E-state index contributed by atoms with van der Waals surface area (Å²) in [6.07, 6.45) is 3.42. The van der Waals surface area contributed by atoms with Crippen LogP contribution in [0.25, 0.3) is 6.08 Å². The molecule has 1 rings (SSSR count). The van der Waals surface area contributed by atoms with Crippen molar-refractivity contribution in [2.45, 2.75) is 39.8 Å². The van der Waals surface area contributed by atoms with Crippen molar-refractivity contribution in [2.24, 2.45) is 0 Å². The van der Waals surface area contributed by atoms with Gasteiger partial charge in [-0.25, -0.2) is 0 Å². The van der Waals surface area contributed by atoms with E-state index in [1.54, 1.807) is 7.11 Å². The summed E-state index contributed by atoms with van der Waals surface area (Å²) in [5, 5.41) is 3.50. The van der Waals surface area contributed by atoms with E-state index in [0.29, 0.717) is 12.6 Å². The molecule has 0 fully saturated rings. The summed E-state index contributed by atoms with van der Waals surface area (Å²) in [5.74, 6) is 0. The summed E-state index contributed by atoms with van der Waals surface area (Å²) < 4.78 is 5.23. The van der Waals surface area contributed by atoms with Crippen molar-refractivity contribution in [3.63, 3.8) is 0 Å². The zero-order chi connectivity index (χ0) is 13.4. The fourth-order valence-corrected chi connectivity index (χ4v) is 1.85. The average molecular weight is 247 g/mol. The topological polar surface area (TPSA) is 21.3 Å². The molecule has 100 valence electrons. The molecule has 0 radical (unpaired) electrons. The molecule has 1 atom stereocenters. The van der Waals surface area contributed by atoms with Crippen LogP contribution in [0.5, 0.6) is 0 Å². The van der Waals surface area contributed by atoms with Crippen LogP contribution in [-0.2, 0) is 11.3 Å². The molecule has 1 N–H and O–H groups in total. The Morgan fingerprint density at radius 2 is 2.11 bits per heavy atom. The zero-order valence-corrected chi connectivity index (χ0v) is 12.0. The Bertz CT molecular complexity index is 384. The predicted octanol–water partition coefficient (Wildman–Crippen LogP) is 3.62. The molecule has 0 aliphatic heterocycles. The molecule has 0 bridgehead atoms. The maximum Gasteiger partial charge on any atom is 0.0718 e. The second kappa shape index (κ2) is 8.06. The van der Waals surface area contributed by atoms with Crippen molar-refractivity contribution in [3.8, 4) is 0 Å². The van der Waals surface area contributed by atoms with Crippen molar-refractivity contribution in [2.75, 3.05) is 13.7 Å². The molecule has 0 saturated heterocycles. The van der Waals surface area contributed by atoms with E-state index < -0.39 is 0 Å². The van der Waals surface area contributed by atoms with Crippen LogP contribution >= 0.6 is 0 Å². The maximum absolute atomic E-state index is 5.23. The fourth-order valence-electron chi connectivity index (χ4n) is 1.85. The highest BCUT2D eigenvalue weighted by atomic mass is 16.5. The van der Waals surface area contributed by atoms with E-state index in [2.05, 4.69) is 56.4 Å². The van der Waals surface area contributed by atoms with Crippen LogP contribution in [0.1, 0.15) is 38.3 Å². The minimum atomic E-state index is 0.417. The zero-order valence-electron chi connectivity index (χ0n) is 12.0. The standard InChI is InChI=1S/C16H25NO/c1-5-10-17-14(3)13(2)11-15-8-6-7-9-16(15)12-18-4/h6-9,11,14,17H,5,10,12H2,1-4H3/b13-11+. The molecule has 0 aliphatic carbocycles. The van der Waals surface area contributed by atoms with E-state index >= 15 is 0 Å². The lowest BCUT2D eigenvalue weighted by molar-refractivity contribution is 0.184. The normalized spacial score (nSPS) is 13.7. The third-order valence-corrected chi connectivity index (χ3v) is 3.12. The highest BCUT2D eigenvalue weighted by molar-refractivity contribution is 5.57. The Labute approximate surface area is 111 Å². The first kappa shape index (κ1) is 14.9. The van der Waals surface area contributed by atoms with E-state index in [4.69, 9.17) is 4.74 Å². The molecule has 1 unspecified atom stereocenters. The second-order valence-electron chi connectivity index (χ2n) is 4.70. The van der Waals surface area contributed by atoms with Gasteiger partial charge in [-0.15, -0.1) is 0 Å². The summed E-state index contributed by atoms with van der Waals surface area (Å²) >= 11 is 0. The first-order valence-electron chi connectivity index (χ1n) is 6.67. The minimum Gasteiger partial charge on any atom is -0.380 e. The smallest absolute Gasteiger partial charge is 0.0718 e. The summed E-state index contributed by atoms with van der Waals surface area (Å²) in [6.45, 7) is 8.30. The van der Waals surface area contributed by atoms with Crippen LogP contribution in [0.2, 0.25) is 0 Å². The van der Waals surface area contributed by atoms with E-state index in [-0.39, 0.29) is 0 Å². The van der Waals surface area contributed by atoms with Crippen molar-refractivity contribution in [1.29, 1.82) is 0 Å². The van der Waals surface area contributed by atoms with Crippen molar-refractivity contribution in [1.82, 2.24) is 5.32 Å². The summed E-state index contributed by atoms with van der Waals surface area (Å²) in [4.78, 5) is 0. The van der Waals surface area contributed by atoms with Crippen LogP contribution in [0.4, 0.5) is 0 Å². The van der Waals surface area contributed by atoms with E-state index in [1.807, 2.05) is 0 Å². The molecule has 1 aromatic rings. The van der Waals surface area contributed by atoms with Gasteiger partial charge in [0, 0.05) is 13.2 Å². The fraction of sp³-hybridized carbons (Fsp3) is 0.500. The number of ether oxygens (including phenoxy) is 1. The predicted molar refractivity (Wildman–Crippen MR) is 78.6 cm³/mol. The van der Waals surface area contributed by atoms with Gasteiger partial charge in [0.05, 0.1) is 6.61 Å². The number of hydrogen-bond donors (Lipinski definition) is 1. The minimum absolute atomic E-state index is 0.417. The maximum atomic E-state index is 5.23. The van der Waals surface area contributed by atoms with Gasteiger partial charge >= 0.3 is 0 Å². The lowest BCUT2D eigenvalue weighted by atomic mass is 10.0. The Kier molecular flexibility index (Phi) is 6.69. The Hall–Kier alpha value is -1.12. The molecule has 0 aliphatic rings. The van der Waals surface area contributed by atoms with Crippen molar-refractivity contribution >= 4 is 6.08 Å². The van der Waals surface area contributed by atoms with Gasteiger partial charge in [0.1, 0.15) is 0 Å². The molecular formula is C16H25NO. The van der Waals surface area contributed by atoms with E-state index in [9.17, 15) is 0 Å². The van der Waals surface area contributed by atoms with Gasteiger partial charge in [-0.2, -0.15) is 0 Å². The number of nitrogens with one attached hydrogen (secondary N) is 1. The summed E-state index contributed by atoms with van der Waals surface area (Å²) in [6, 6.07) is 8.81. The number of hydrogen-bond acceptors (Lipinski definition) is 2. The van der Waals surface area contributed by atoms with Crippen molar-refractivity contribution in [3.05, 3.63) is 41.0 Å². The molecule has 0 spiro atoms. The van der Waals surface area contributed by atoms with Crippen LogP contribution in [0, 0.1) is 0 Å². The highest BCUT2D eigenvalue weighted by Gasteiger charge is 2.04. The van der Waals surface area contributed by atoms with Crippen LogP contribution in [0.15, 0.2) is 29.8 Å². The summed E-state index contributed by atoms with van der Waals surface area (Å²) in [5.41, 5.74) is 3.84.